The van der Waals surface area contributed by atoms with Gasteiger partial charge in [-0.05, 0) is 61.1 Å². The van der Waals surface area contributed by atoms with E-state index in [0.29, 0.717) is 25.2 Å². The molecule has 0 unspecified atom stereocenters. The lowest BCUT2D eigenvalue weighted by atomic mass is 9.90. The maximum Gasteiger partial charge on any atom is 0.253 e. The molecule has 220 valence electrons. The van der Waals surface area contributed by atoms with E-state index in [4.69, 9.17) is 4.74 Å². The number of benzene rings is 3. The number of piperazine rings is 1. The third-order valence-corrected chi connectivity index (χ3v) is 8.96. The van der Waals surface area contributed by atoms with Crippen LogP contribution in [0.3, 0.4) is 0 Å². The summed E-state index contributed by atoms with van der Waals surface area (Å²) in [5.74, 6) is 0.463. The number of para-hydroxylation sites is 1. The Morgan fingerprint density at radius 3 is 2.36 bits per heavy atom. The summed E-state index contributed by atoms with van der Waals surface area (Å²) in [7, 11) is 0. The first-order valence-electron chi connectivity index (χ1n) is 15.4. The molecule has 0 saturated carbocycles. The maximum atomic E-state index is 13.3. The lowest BCUT2D eigenvalue weighted by molar-refractivity contribution is -0.0259. The number of nitrogens with one attached hydrogen (secondary N) is 1. The zero-order valence-electron chi connectivity index (χ0n) is 24.5. The number of hydrogen-bond acceptors (Lipinski definition) is 4. The van der Waals surface area contributed by atoms with E-state index in [-0.39, 0.29) is 11.7 Å². The van der Waals surface area contributed by atoms with Crippen LogP contribution in [-0.4, -0.2) is 65.1 Å². The second-order valence-corrected chi connectivity index (χ2v) is 11.6. The van der Waals surface area contributed by atoms with Crippen molar-refractivity contribution >= 4 is 16.8 Å². The lowest BCUT2D eigenvalue weighted by Gasteiger charge is -2.51. The summed E-state index contributed by atoms with van der Waals surface area (Å²) in [5, 5.41) is 4.16. The van der Waals surface area contributed by atoms with Crippen LogP contribution in [0.5, 0.6) is 5.75 Å². The van der Waals surface area contributed by atoms with Gasteiger partial charge in [-0.1, -0.05) is 55.5 Å². The summed E-state index contributed by atoms with van der Waals surface area (Å²) in [4.78, 5) is 18.5. The molecule has 7 rings (SSSR count). The number of aromatic nitrogens is 1. The topological polar surface area (TPSA) is 49.7 Å². The number of hydrogen-bond donors (Lipinski definition) is 1. The second kappa shape index (κ2) is 13.1. The molecule has 1 aromatic heterocycles. The number of rotatable bonds is 12. The van der Waals surface area contributed by atoms with Crippen molar-refractivity contribution in [3.8, 4) is 5.75 Å². The number of fused-ring (bicyclic) bond motifs is 4. The first kappa shape index (κ1) is 28.4. The van der Waals surface area contributed by atoms with Crippen LogP contribution in [0, 0.1) is 5.82 Å². The van der Waals surface area contributed by atoms with Gasteiger partial charge in [0.15, 0.2) is 0 Å². The molecular weight excluding hydrogens is 527 g/mol. The Balaban J connectivity index is 1.05. The van der Waals surface area contributed by atoms with E-state index < -0.39 is 0 Å². The van der Waals surface area contributed by atoms with E-state index in [1.807, 2.05) is 30.3 Å². The number of halogens is 1. The van der Waals surface area contributed by atoms with Crippen molar-refractivity contribution in [1.82, 2.24) is 19.7 Å². The molecule has 2 bridgehead atoms. The van der Waals surface area contributed by atoms with Crippen molar-refractivity contribution in [1.29, 1.82) is 0 Å². The fourth-order valence-corrected chi connectivity index (χ4v) is 6.76. The standard InChI is InChI=1S/C35H41FN4O2/c1-2-27-10-6-11-32-33(35(41)37-22-26-8-4-3-5-9-26)25-40(34(27)32)19-7-18-38-23-30-15-14-29(38)24-39(30)20-21-42-31-16-12-28(36)13-17-31/h3-6,8-13,16-17,25,29-30H,2,7,14-15,18-24H2,1H3,(H,37,41)/t29-,30-/m0/s1. The molecule has 4 heterocycles. The molecule has 0 aliphatic carbocycles. The van der Waals surface area contributed by atoms with Gasteiger partial charge >= 0.3 is 0 Å². The molecule has 42 heavy (non-hydrogen) atoms. The average Bonchev–Trinajstić information content (AvgIpc) is 3.41. The van der Waals surface area contributed by atoms with Crippen LogP contribution in [0.1, 0.15) is 47.7 Å². The molecule has 0 radical (unpaired) electrons. The Hall–Kier alpha value is -3.68. The SMILES string of the molecule is CCc1cccc2c(C(=O)NCc3ccccc3)cn(CCCN3C[C@@H]4CC[C@H]3CN4CCOc3ccc(F)cc3)c12. The highest BCUT2D eigenvalue weighted by Crippen LogP contribution is 2.30. The molecule has 4 aromatic rings. The van der Waals surface area contributed by atoms with Crippen LogP contribution in [0.25, 0.3) is 10.9 Å². The number of piperidine rings is 2. The minimum Gasteiger partial charge on any atom is -0.492 e. The Bertz CT molecular complexity index is 1490. The lowest BCUT2D eigenvalue weighted by Crippen LogP contribution is -2.63. The molecular formula is C35H41FN4O2. The van der Waals surface area contributed by atoms with Gasteiger partial charge in [0.2, 0.25) is 0 Å². The fourth-order valence-electron chi connectivity index (χ4n) is 6.76. The van der Waals surface area contributed by atoms with Gasteiger partial charge in [0, 0.05) is 62.9 Å². The number of carbonyl (C=O) groups is 1. The van der Waals surface area contributed by atoms with E-state index in [0.717, 1.165) is 67.8 Å². The Morgan fingerprint density at radius 1 is 0.905 bits per heavy atom. The number of aryl methyl sites for hydroxylation is 2. The van der Waals surface area contributed by atoms with Crippen LogP contribution < -0.4 is 10.1 Å². The van der Waals surface area contributed by atoms with Gasteiger partial charge in [0.25, 0.3) is 5.91 Å². The van der Waals surface area contributed by atoms with Crippen molar-refractivity contribution in [2.75, 3.05) is 32.8 Å². The van der Waals surface area contributed by atoms with Gasteiger partial charge in [-0.3, -0.25) is 14.6 Å². The molecule has 2 atom stereocenters. The van der Waals surface area contributed by atoms with Crippen molar-refractivity contribution < 1.29 is 13.9 Å². The Morgan fingerprint density at radius 2 is 1.64 bits per heavy atom. The number of amides is 1. The largest absolute Gasteiger partial charge is 0.492 e. The number of carbonyl (C=O) groups excluding carboxylic acids is 1. The molecule has 3 aliphatic heterocycles. The normalized spacial score (nSPS) is 18.9. The molecule has 1 N–H and O–H groups in total. The van der Waals surface area contributed by atoms with Crippen LogP contribution in [-0.2, 0) is 19.5 Å². The minimum atomic E-state index is -0.240. The Labute approximate surface area is 248 Å². The predicted octanol–water partition coefficient (Wildman–Crippen LogP) is 5.89. The quantitative estimate of drug-likeness (QED) is 0.232. The highest BCUT2D eigenvalue weighted by Gasteiger charge is 2.38. The summed E-state index contributed by atoms with van der Waals surface area (Å²) in [6.07, 6.45) is 6.53. The molecule has 3 saturated heterocycles. The first-order valence-corrected chi connectivity index (χ1v) is 15.4. The monoisotopic (exact) mass is 568 g/mol. The summed E-state index contributed by atoms with van der Waals surface area (Å²) in [5.41, 5.74) is 4.33. The molecule has 0 spiro atoms. The Kier molecular flexibility index (Phi) is 8.87. The fraction of sp³-hybridized carbons (Fsp3) is 0.400. The summed E-state index contributed by atoms with van der Waals surface area (Å²) in [6, 6.07) is 23.8. The van der Waals surface area contributed by atoms with Crippen molar-refractivity contribution in [2.45, 2.75) is 57.8 Å². The summed E-state index contributed by atoms with van der Waals surface area (Å²) >= 11 is 0. The molecule has 3 aromatic carbocycles. The van der Waals surface area contributed by atoms with Gasteiger partial charge < -0.3 is 14.6 Å². The molecule has 3 aliphatic rings. The number of ether oxygens (including phenoxy) is 1. The molecule has 1 amide bonds. The van der Waals surface area contributed by atoms with Gasteiger partial charge in [-0.2, -0.15) is 0 Å². The van der Waals surface area contributed by atoms with Crippen LogP contribution in [0.15, 0.2) is 79.0 Å². The molecule has 6 nitrogen and oxygen atoms in total. The van der Waals surface area contributed by atoms with Gasteiger partial charge in [-0.15, -0.1) is 0 Å². The zero-order chi connectivity index (χ0) is 28.9. The van der Waals surface area contributed by atoms with E-state index in [2.05, 4.69) is 51.0 Å². The third-order valence-electron chi connectivity index (χ3n) is 8.96. The highest BCUT2D eigenvalue weighted by molar-refractivity contribution is 6.07. The molecule has 3 fully saturated rings. The number of nitrogens with zero attached hydrogens (tertiary/aromatic N) is 3. The van der Waals surface area contributed by atoms with Crippen molar-refractivity contribution in [3.63, 3.8) is 0 Å². The van der Waals surface area contributed by atoms with Crippen LogP contribution >= 0.6 is 0 Å². The smallest absolute Gasteiger partial charge is 0.253 e. The van der Waals surface area contributed by atoms with E-state index in [9.17, 15) is 9.18 Å². The van der Waals surface area contributed by atoms with E-state index in [1.165, 1.54) is 36.1 Å². The minimum absolute atomic E-state index is 0.0207. The average molecular weight is 569 g/mol. The maximum absolute atomic E-state index is 13.3. The van der Waals surface area contributed by atoms with Gasteiger partial charge in [0.1, 0.15) is 18.2 Å². The molecule has 7 heteroatoms. The first-order chi connectivity index (χ1) is 20.6. The summed E-state index contributed by atoms with van der Waals surface area (Å²) < 4.78 is 21.3. The third kappa shape index (κ3) is 6.37. The predicted molar refractivity (Wildman–Crippen MR) is 165 cm³/mol. The zero-order valence-corrected chi connectivity index (χ0v) is 24.5. The van der Waals surface area contributed by atoms with Crippen LogP contribution in [0.4, 0.5) is 4.39 Å². The summed E-state index contributed by atoms with van der Waals surface area (Å²) in [6.45, 7) is 8.35. The van der Waals surface area contributed by atoms with Gasteiger partial charge in [0.05, 0.1) is 11.1 Å². The highest BCUT2D eigenvalue weighted by atomic mass is 19.1. The van der Waals surface area contributed by atoms with Crippen molar-refractivity contribution in [3.05, 3.63) is 102 Å². The van der Waals surface area contributed by atoms with E-state index >= 15 is 0 Å². The van der Waals surface area contributed by atoms with Crippen molar-refractivity contribution in [2.24, 2.45) is 0 Å². The second-order valence-electron chi connectivity index (χ2n) is 11.6. The van der Waals surface area contributed by atoms with Gasteiger partial charge in [-0.25, -0.2) is 4.39 Å². The van der Waals surface area contributed by atoms with E-state index in [1.54, 1.807) is 12.1 Å². The van der Waals surface area contributed by atoms with Crippen LogP contribution in [0.2, 0.25) is 0 Å².